The van der Waals surface area contributed by atoms with Crippen molar-refractivity contribution in [3.05, 3.63) is 53.6 Å². The Labute approximate surface area is 130 Å². The van der Waals surface area contributed by atoms with Gasteiger partial charge in [0.1, 0.15) is 5.75 Å². The van der Waals surface area contributed by atoms with Gasteiger partial charge in [-0.3, -0.25) is 0 Å². The Morgan fingerprint density at radius 1 is 1.05 bits per heavy atom. The Bertz CT molecular complexity index is 632. The Morgan fingerprint density at radius 3 is 2.45 bits per heavy atom. The highest BCUT2D eigenvalue weighted by molar-refractivity contribution is 5.91. The normalized spacial score (nSPS) is 10.4. The molecule has 2 rings (SSSR count). The van der Waals surface area contributed by atoms with Crippen LogP contribution in [0.15, 0.2) is 42.5 Å². The first-order valence-corrected chi connectivity index (χ1v) is 7.43. The van der Waals surface area contributed by atoms with Gasteiger partial charge in [-0.2, -0.15) is 0 Å². The van der Waals surface area contributed by atoms with Gasteiger partial charge in [0.2, 0.25) is 0 Å². The summed E-state index contributed by atoms with van der Waals surface area (Å²) >= 11 is 0. The molecule has 4 nitrogen and oxygen atoms in total. The number of unbranched alkanes of at least 4 members (excludes halogenated alkanes) is 2. The summed E-state index contributed by atoms with van der Waals surface area (Å²) in [5.74, 6) is -0.392. The van der Waals surface area contributed by atoms with E-state index in [1.165, 1.54) is 24.3 Å². The number of carbonyl (C=O) groups is 1. The molecule has 0 aliphatic carbocycles. The first kappa shape index (κ1) is 15.9. The Balaban J connectivity index is 2.09. The fraction of sp³-hybridized carbons (Fsp3) is 0.278. The molecule has 22 heavy (non-hydrogen) atoms. The van der Waals surface area contributed by atoms with Gasteiger partial charge in [-0.05, 0) is 54.8 Å². The van der Waals surface area contributed by atoms with E-state index < -0.39 is 5.97 Å². The molecule has 116 valence electrons. The maximum atomic E-state index is 12.0. The number of aryl methyl sites for hydroxylation is 1. The van der Waals surface area contributed by atoms with Gasteiger partial charge < -0.3 is 14.9 Å². The molecule has 0 fully saturated rings. The maximum Gasteiger partial charge on any atom is 0.343 e. The van der Waals surface area contributed by atoms with Crippen LogP contribution < -0.4 is 4.74 Å². The molecule has 0 bridgehead atoms. The number of hydrogen-bond donors (Lipinski definition) is 2. The van der Waals surface area contributed by atoms with Gasteiger partial charge in [-0.1, -0.05) is 25.8 Å². The molecule has 2 aromatic carbocycles. The summed E-state index contributed by atoms with van der Waals surface area (Å²) in [5.41, 5.74) is 1.34. The quantitative estimate of drug-likeness (QED) is 0.480. The largest absolute Gasteiger partial charge is 0.508 e. The molecule has 0 heterocycles. The van der Waals surface area contributed by atoms with Crippen LogP contribution in [0.2, 0.25) is 0 Å². The number of rotatable bonds is 6. The van der Waals surface area contributed by atoms with E-state index in [9.17, 15) is 15.0 Å². The van der Waals surface area contributed by atoms with Crippen LogP contribution >= 0.6 is 0 Å². The molecule has 0 radical (unpaired) electrons. The van der Waals surface area contributed by atoms with Gasteiger partial charge in [0.15, 0.2) is 11.5 Å². The zero-order valence-corrected chi connectivity index (χ0v) is 12.6. The molecule has 0 aliphatic heterocycles. The number of carbonyl (C=O) groups excluding carboxylic acids is 1. The van der Waals surface area contributed by atoms with Crippen molar-refractivity contribution in [2.75, 3.05) is 0 Å². The summed E-state index contributed by atoms with van der Waals surface area (Å²) in [4.78, 5) is 12.0. The van der Waals surface area contributed by atoms with Crippen LogP contribution in [0.4, 0.5) is 0 Å². The average molecular weight is 300 g/mol. The summed E-state index contributed by atoms with van der Waals surface area (Å²) in [6.07, 6.45) is 4.23. The molecular formula is C18H20O4. The van der Waals surface area contributed by atoms with Crippen LogP contribution in [-0.2, 0) is 6.42 Å². The van der Waals surface area contributed by atoms with Crippen molar-refractivity contribution in [1.82, 2.24) is 0 Å². The van der Waals surface area contributed by atoms with Crippen molar-refractivity contribution >= 4 is 5.97 Å². The molecule has 0 aliphatic rings. The van der Waals surface area contributed by atoms with Gasteiger partial charge in [0.05, 0.1) is 5.56 Å². The lowest BCUT2D eigenvalue weighted by Gasteiger charge is -2.09. The second kappa shape index (κ2) is 7.50. The van der Waals surface area contributed by atoms with Crippen LogP contribution in [0.1, 0.15) is 42.1 Å². The van der Waals surface area contributed by atoms with Gasteiger partial charge in [-0.25, -0.2) is 4.79 Å². The average Bonchev–Trinajstić information content (AvgIpc) is 2.51. The van der Waals surface area contributed by atoms with Crippen LogP contribution in [0.3, 0.4) is 0 Å². The molecule has 0 amide bonds. The number of ether oxygens (including phenoxy) is 1. The van der Waals surface area contributed by atoms with Crippen molar-refractivity contribution in [2.24, 2.45) is 0 Å². The highest BCUT2D eigenvalue weighted by Crippen LogP contribution is 2.28. The second-order valence-electron chi connectivity index (χ2n) is 5.20. The van der Waals surface area contributed by atoms with E-state index in [-0.39, 0.29) is 17.2 Å². The van der Waals surface area contributed by atoms with E-state index >= 15 is 0 Å². The Kier molecular flexibility index (Phi) is 5.42. The SMILES string of the molecule is CCCCCc1ccc(O)c(OC(=O)c2ccc(O)cc2)c1. The fourth-order valence-electron chi connectivity index (χ4n) is 2.13. The number of esters is 1. The minimum Gasteiger partial charge on any atom is -0.508 e. The third-order valence-corrected chi connectivity index (χ3v) is 3.40. The minimum atomic E-state index is -0.569. The zero-order valence-electron chi connectivity index (χ0n) is 12.6. The molecule has 0 spiro atoms. The van der Waals surface area contributed by atoms with Gasteiger partial charge in [0.25, 0.3) is 0 Å². The van der Waals surface area contributed by atoms with Crippen molar-refractivity contribution in [2.45, 2.75) is 32.6 Å². The molecule has 0 atom stereocenters. The Morgan fingerprint density at radius 2 is 1.77 bits per heavy atom. The fourth-order valence-corrected chi connectivity index (χ4v) is 2.13. The highest BCUT2D eigenvalue weighted by Gasteiger charge is 2.12. The van der Waals surface area contributed by atoms with Crippen LogP contribution in [0, 0.1) is 0 Å². The van der Waals surface area contributed by atoms with Crippen molar-refractivity contribution in [1.29, 1.82) is 0 Å². The molecular weight excluding hydrogens is 280 g/mol. The third kappa shape index (κ3) is 4.25. The topological polar surface area (TPSA) is 66.8 Å². The first-order chi connectivity index (χ1) is 10.6. The van der Waals surface area contributed by atoms with Crippen LogP contribution in [-0.4, -0.2) is 16.2 Å². The van der Waals surface area contributed by atoms with Gasteiger partial charge in [-0.15, -0.1) is 0 Å². The van der Waals surface area contributed by atoms with E-state index in [1.807, 2.05) is 6.07 Å². The van der Waals surface area contributed by atoms with Crippen molar-refractivity contribution < 1.29 is 19.7 Å². The summed E-state index contributed by atoms with van der Waals surface area (Å²) < 4.78 is 5.25. The lowest BCUT2D eigenvalue weighted by Crippen LogP contribution is -2.08. The Hall–Kier alpha value is -2.49. The molecule has 0 saturated heterocycles. The minimum absolute atomic E-state index is 0.0635. The van der Waals surface area contributed by atoms with Gasteiger partial charge >= 0.3 is 5.97 Å². The first-order valence-electron chi connectivity index (χ1n) is 7.43. The smallest absolute Gasteiger partial charge is 0.343 e. The number of phenols is 2. The van der Waals surface area contributed by atoms with Crippen molar-refractivity contribution in [3.63, 3.8) is 0 Å². The van der Waals surface area contributed by atoms with E-state index in [2.05, 4.69) is 6.92 Å². The summed E-state index contributed by atoms with van der Waals surface area (Å²) in [5, 5.41) is 19.0. The molecule has 0 aromatic heterocycles. The second-order valence-corrected chi connectivity index (χ2v) is 5.20. The monoisotopic (exact) mass is 300 g/mol. The summed E-state index contributed by atoms with van der Waals surface area (Å²) in [6, 6.07) is 10.8. The van der Waals surface area contributed by atoms with E-state index in [0.717, 1.165) is 31.2 Å². The highest BCUT2D eigenvalue weighted by atomic mass is 16.5. The predicted octanol–water partition coefficient (Wildman–Crippen LogP) is 4.05. The molecule has 2 aromatic rings. The van der Waals surface area contributed by atoms with Gasteiger partial charge in [0, 0.05) is 0 Å². The molecule has 2 N–H and O–H groups in total. The van der Waals surface area contributed by atoms with E-state index in [0.29, 0.717) is 5.56 Å². The molecule has 0 saturated carbocycles. The van der Waals surface area contributed by atoms with Crippen molar-refractivity contribution in [3.8, 4) is 17.2 Å². The molecule has 4 heteroatoms. The summed E-state index contributed by atoms with van der Waals surface area (Å²) in [6.45, 7) is 2.14. The standard InChI is InChI=1S/C18H20O4/c1-2-3-4-5-13-6-11-16(20)17(12-13)22-18(21)14-7-9-15(19)10-8-14/h6-12,19-20H,2-5H2,1H3. The lowest BCUT2D eigenvalue weighted by molar-refractivity contribution is 0.0729. The zero-order chi connectivity index (χ0) is 15.9. The predicted molar refractivity (Wildman–Crippen MR) is 84.4 cm³/mol. The van der Waals surface area contributed by atoms with E-state index in [4.69, 9.17) is 4.74 Å². The van der Waals surface area contributed by atoms with Crippen LogP contribution in [0.5, 0.6) is 17.2 Å². The molecule has 0 unspecified atom stereocenters. The summed E-state index contributed by atoms with van der Waals surface area (Å²) in [7, 11) is 0. The number of phenolic OH excluding ortho intramolecular Hbond substituents is 2. The lowest BCUT2D eigenvalue weighted by atomic mass is 10.1. The number of benzene rings is 2. The maximum absolute atomic E-state index is 12.0. The number of hydrogen-bond acceptors (Lipinski definition) is 4. The third-order valence-electron chi connectivity index (χ3n) is 3.40. The number of aromatic hydroxyl groups is 2. The van der Waals surface area contributed by atoms with E-state index in [1.54, 1.807) is 12.1 Å². The van der Waals surface area contributed by atoms with Crippen LogP contribution in [0.25, 0.3) is 0 Å².